The zero-order valence-corrected chi connectivity index (χ0v) is 12.3. The molecule has 0 spiro atoms. The van der Waals surface area contributed by atoms with Crippen molar-refractivity contribution in [3.8, 4) is 0 Å². The van der Waals surface area contributed by atoms with Gasteiger partial charge in [-0.1, -0.05) is 18.2 Å². The van der Waals surface area contributed by atoms with Gasteiger partial charge >= 0.3 is 0 Å². The Morgan fingerprint density at radius 1 is 1.05 bits per heavy atom. The van der Waals surface area contributed by atoms with Gasteiger partial charge in [-0.05, 0) is 68.5 Å². The Kier molecular flexibility index (Phi) is 3.32. The van der Waals surface area contributed by atoms with Gasteiger partial charge in [-0.2, -0.15) is 0 Å². The monoisotopic (exact) mass is 273 g/mol. The summed E-state index contributed by atoms with van der Waals surface area (Å²) in [6.07, 6.45) is 8.53. The third-order valence-electron chi connectivity index (χ3n) is 5.10. The Bertz CT molecular complexity index is 429. The fourth-order valence-corrected chi connectivity index (χ4v) is 4.97. The Morgan fingerprint density at radius 3 is 2.63 bits per heavy atom. The molecule has 0 amide bonds. The third-order valence-corrected chi connectivity index (χ3v) is 6.45. The Balaban J connectivity index is 1.28. The summed E-state index contributed by atoms with van der Waals surface area (Å²) in [6, 6.07) is 9.86. The molecule has 2 aliphatic carbocycles. The summed E-state index contributed by atoms with van der Waals surface area (Å²) < 4.78 is 0. The minimum absolute atomic E-state index is 0.853. The van der Waals surface area contributed by atoms with Crippen molar-refractivity contribution in [2.24, 2.45) is 11.8 Å². The molecular weight excluding hydrogens is 250 g/mol. The van der Waals surface area contributed by atoms with Crippen LogP contribution in [0, 0.1) is 11.8 Å². The largest absolute Gasteiger partial charge is 0.314 e. The quantitative estimate of drug-likeness (QED) is 0.874. The fraction of sp³-hybridized carbons (Fsp3) is 0.647. The summed E-state index contributed by atoms with van der Waals surface area (Å²) in [7, 11) is 0. The van der Waals surface area contributed by atoms with Gasteiger partial charge in [0, 0.05) is 16.2 Å². The lowest BCUT2D eigenvalue weighted by Crippen LogP contribution is -2.37. The van der Waals surface area contributed by atoms with Crippen molar-refractivity contribution in [1.82, 2.24) is 5.32 Å². The van der Waals surface area contributed by atoms with E-state index in [4.69, 9.17) is 0 Å². The average molecular weight is 273 g/mol. The van der Waals surface area contributed by atoms with E-state index < -0.39 is 0 Å². The van der Waals surface area contributed by atoms with Crippen LogP contribution >= 0.6 is 11.8 Å². The van der Waals surface area contributed by atoms with Crippen molar-refractivity contribution < 1.29 is 0 Å². The highest BCUT2D eigenvalue weighted by atomic mass is 32.2. The van der Waals surface area contributed by atoms with Crippen molar-refractivity contribution >= 4 is 11.8 Å². The SMILES string of the molecule is c1ccc2c(c1)CC(CC1CCC1CNC1CC1)S2. The smallest absolute Gasteiger partial charge is 0.0138 e. The molecule has 0 radical (unpaired) electrons. The van der Waals surface area contributed by atoms with Gasteiger partial charge in [-0.25, -0.2) is 0 Å². The van der Waals surface area contributed by atoms with Crippen LogP contribution in [0.1, 0.15) is 37.7 Å². The molecule has 2 saturated carbocycles. The standard InChI is InChI=1S/C17H23NS/c1-2-4-17-13(3-1)10-16(19-17)9-12-5-6-14(12)11-18-15-7-8-15/h1-4,12,14-16,18H,5-11H2. The molecule has 1 N–H and O–H groups in total. The number of rotatable bonds is 5. The fourth-order valence-electron chi connectivity index (χ4n) is 3.55. The molecule has 3 aliphatic rings. The van der Waals surface area contributed by atoms with Crippen molar-refractivity contribution in [3.05, 3.63) is 29.8 Å². The van der Waals surface area contributed by atoms with E-state index >= 15 is 0 Å². The molecular formula is C17H23NS. The van der Waals surface area contributed by atoms with E-state index in [-0.39, 0.29) is 0 Å². The maximum absolute atomic E-state index is 3.72. The van der Waals surface area contributed by atoms with Crippen LogP contribution in [0.4, 0.5) is 0 Å². The Labute approximate surface area is 120 Å². The van der Waals surface area contributed by atoms with Crippen molar-refractivity contribution in [1.29, 1.82) is 0 Å². The highest BCUT2D eigenvalue weighted by molar-refractivity contribution is 8.00. The highest BCUT2D eigenvalue weighted by Gasteiger charge is 2.35. The van der Waals surface area contributed by atoms with Gasteiger partial charge in [-0.15, -0.1) is 11.8 Å². The molecule has 102 valence electrons. The van der Waals surface area contributed by atoms with E-state index in [9.17, 15) is 0 Å². The molecule has 1 heterocycles. The lowest BCUT2D eigenvalue weighted by atomic mass is 9.71. The maximum atomic E-state index is 3.72. The first-order valence-corrected chi connectivity index (χ1v) is 8.74. The van der Waals surface area contributed by atoms with E-state index in [0.717, 1.165) is 23.1 Å². The molecule has 3 unspecified atom stereocenters. The number of benzene rings is 1. The van der Waals surface area contributed by atoms with E-state index in [1.165, 1.54) is 45.1 Å². The Morgan fingerprint density at radius 2 is 1.89 bits per heavy atom. The normalized spacial score (nSPS) is 32.9. The Hall–Kier alpha value is -0.470. The molecule has 0 saturated heterocycles. The molecule has 1 aliphatic heterocycles. The van der Waals surface area contributed by atoms with Crippen molar-refractivity contribution in [3.63, 3.8) is 0 Å². The van der Waals surface area contributed by atoms with Crippen LogP contribution in [0.5, 0.6) is 0 Å². The van der Waals surface area contributed by atoms with Crippen LogP contribution in [-0.4, -0.2) is 17.8 Å². The van der Waals surface area contributed by atoms with Crippen LogP contribution < -0.4 is 5.32 Å². The molecule has 1 nitrogen and oxygen atoms in total. The molecule has 19 heavy (non-hydrogen) atoms. The molecule has 1 aromatic carbocycles. The number of nitrogens with one attached hydrogen (secondary N) is 1. The van der Waals surface area contributed by atoms with Crippen LogP contribution in [0.3, 0.4) is 0 Å². The number of hydrogen-bond acceptors (Lipinski definition) is 2. The summed E-state index contributed by atoms with van der Waals surface area (Å²) >= 11 is 2.13. The van der Waals surface area contributed by atoms with Crippen LogP contribution in [-0.2, 0) is 6.42 Å². The van der Waals surface area contributed by atoms with Crippen molar-refractivity contribution in [2.45, 2.75) is 54.7 Å². The van der Waals surface area contributed by atoms with Gasteiger partial charge in [0.25, 0.3) is 0 Å². The first-order valence-electron chi connectivity index (χ1n) is 7.86. The van der Waals surface area contributed by atoms with Crippen LogP contribution in [0.25, 0.3) is 0 Å². The second-order valence-corrected chi connectivity index (χ2v) is 7.91. The van der Waals surface area contributed by atoms with E-state index in [0.29, 0.717) is 0 Å². The summed E-state index contributed by atoms with van der Waals surface area (Å²) in [4.78, 5) is 1.54. The summed E-state index contributed by atoms with van der Waals surface area (Å²) in [5, 5.41) is 4.58. The number of fused-ring (bicyclic) bond motifs is 1. The third kappa shape index (κ3) is 2.71. The summed E-state index contributed by atoms with van der Waals surface area (Å²) in [6.45, 7) is 1.29. The highest BCUT2D eigenvalue weighted by Crippen LogP contribution is 2.45. The first kappa shape index (κ1) is 12.3. The molecule has 3 atom stereocenters. The first-order chi connectivity index (χ1) is 9.38. The second-order valence-electron chi connectivity index (χ2n) is 6.57. The minimum atomic E-state index is 0.853. The van der Waals surface area contributed by atoms with Gasteiger partial charge in [0.1, 0.15) is 0 Å². The molecule has 4 rings (SSSR count). The van der Waals surface area contributed by atoms with E-state index in [1.807, 2.05) is 0 Å². The number of hydrogen-bond donors (Lipinski definition) is 1. The predicted octanol–water partition coefficient (Wildman–Crippen LogP) is 3.87. The number of thioether (sulfide) groups is 1. The molecule has 2 fully saturated rings. The van der Waals surface area contributed by atoms with E-state index in [1.54, 1.807) is 10.5 Å². The zero-order valence-electron chi connectivity index (χ0n) is 11.5. The summed E-state index contributed by atoms with van der Waals surface area (Å²) in [5.74, 6) is 1.97. The lowest BCUT2D eigenvalue weighted by Gasteiger charge is -2.38. The average Bonchev–Trinajstić information content (AvgIpc) is 3.13. The van der Waals surface area contributed by atoms with Crippen LogP contribution in [0.2, 0.25) is 0 Å². The van der Waals surface area contributed by atoms with E-state index in [2.05, 4.69) is 41.3 Å². The van der Waals surface area contributed by atoms with Gasteiger partial charge in [0.2, 0.25) is 0 Å². The zero-order chi connectivity index (χ0) is 12.7. The maximum Gasteiger partial charge on any atom is 0.0138 e. The molecule has 0 bridgehead atoms. The second kappa shape index (κ2) is 5.14. The molecule has 0 aromatic heterocycles. The predicted molar refractivity (Wildman–Crippen MR) is 81.6 cm³/mol. The van der Waals surface area contributed by atoms with Crippen LogP contribution in [0.15, 0.2) is 29.2 Å². The molecule has 1 aromatic rings. The minimum Gasteiger partial charge on any atom is -0.314 e. The van der Waals surface area contributed by atoms with Crippen molar-refractivity contribution in [2.75, 3.05) is 6.54 Å². The summed E-state index contributed by atoms with van der Waals surface area (Å²) in [5.41, 5.74) is 1.59. The van der Waals surface area contributed by atoms with Gasteiger partial charge < -0.3 is 5.32 Å². The topological polar surface area (TPSA) is 12.0 Å². The van der Waals surface area contributed by atoms with Gasteiger partial charge in [-0.3, -0.25) is 0 Å². The lowest BCUT2D eigenvalue weighted by molar-refractivity contribution is 0.159. The van der Waals surface area contributed by atoms with Gasteiger partial charge in [0.15, 0.2) is 0 Å². The van der Waals surface area contributed by atoms with Gasteiger partial charge in [0.05, 0.1) is 0 Å². The molecule has 2 heteroatoms.